The standard InChI is InChI=1S/C21H29N5O2S2/c1-2-30(18-8-6-17(7-9-18)24-10-4-3-5-11-24)26-14-12-25(13-15-26)21-22-16-19(29-21)20(27)23-28/h2,6-9,16,28H,3-5,10-15H2,1H3,(H,23,27). The molecular formula is C21H29N5O2S2. The van der Waals surface area contributed by atoms with Crippen LogP contribution in [0, 0.1) is 0 Å². The summed E-state index contributed by atoms with van der Waals surface area (Å²) in [4.78, 5) is 22.4. The summed E-state index contributed by atoms with van der Waals surface area (Å²) in [5.74, 6) is -0.507. The van der Waals surface area contributed by atoms with E-state index in [1.54, 1.807) is 5.48 Å². The predicted octanol–water partition coefficient (Wildman–Crippen LogP) is 3.44. The first-order valence-corrected chi connectivity index (χ1v) is 12.5. The smallest absolute Gasteiger partial charge is 0.286 e. The molecule has 2 aliphatic rings. The Labute approximate surface area is 184 Å². The maximum atomic E-state index is 11.5. The number of nitrogens with zero attached hydrogens (tertiary/aromatic N) is 4. The zero-order valence-electron chi connectivity index (χ0n) is 17.3. The van der Waals surface area contributed by atoms with Crippen molar-refractivity contribution in [3.63, 3.8) is 0 Å². The van der Waals surface area contributed by atoms with Crippen LogP contribution in [0.1, 0.15) is 35.9 Å². The number of hydrogen-bond acceptors (Lipinski definition) is 7. The summed E-state index contributed by atoms with van der Waals surface area (Å²) in [6.07, 6.45) is 5.47. The van der Waals surface area contributed by atoms with Gasteiger partial charge in [0.05, 0.1) is 6.20 Å². The molecule has 2 fully saturated rings. The van der Waals surface area contributed by atoms with E-state index in [4.69, 9.17) is 5.21 Å². The van der Waals surface area contributed by atoms with Gasteiger partial charge in [0, 0.05) is 49.9 Å². The van der Waals surface area contributed by atoms with Crippen molar-refractivity contribution in [2.75, 3.05) is 49.1 Å². The van der Waals surface area contributed by atoms with E-state index >= 15 is 0 Å². The molecule has 7 nitrogen and oxygen atoms in total. The zero-order valence-corrected chi connectivity index (χ0v) is 18.9. The van der Waals surface area contributed by atoms with E-state index in [0.717, 1.165) is 31.3 Å². The van der Waals surface area contributed by atoms with Crippen LogP contribution in [0.15, 0.2) is 35.4 Å². The molecule has 0 radical (unpaired) electrons. The molecule has 1 atom stereocenters. The molecule has 0 aliphatic carbocycles. The number of aromatic nitrogens is 1. The molecule has 2 aliphatic heterocycles. The Bertz CT molecular complexity index is 885. The lowest BCUT2D eigenvalue weighted by molar-refractivity contribution is 0.0710. The van der Waals surface area contributed by atoms with Gasteiger partial charge in [0.1, 0.15) is 4.88 Å². The largest absolute Gasteiger partial charge is 0.372 e. The number of carbonyl (C=O) groups is 1. The highest BCUT2D eigenvalue weighted by Crippen LogP contribution is 2.34. The number of hydrogen-bond donors (Lipinski definition) is 2. The number of hydroxylamine groups is 1. The second-order valence-electron chi connectivity index (χ2n) is 7.46. The molecule has 30 heavy (non-hydrogen) atoms. The summed E-state index contributed by atoms with van der Waals surface area (Å²) in [6, 6.07) is 9.15. The third-order valence-electron chi connectivity index (χ3n) is 5.63. The van der Waals surface area contributed by atoms with Crippen molar-refractivity contribution in [3.05, 3.63) is 35.3 Å². The highest BCUT2D eigenvalue weighted by atomic mass is 32.2. The third-order valence-corrected chi connectivity index (χ3v) is 8.81. The van der Waals surface area contributed by atoms with Gasteiger partial charge in [-0.3, -0.25) is 10.0 Å². The highest BCUT2D eigenvalue weighted by molar-refractivity contribution is 8.13. The molecule has 1 aromatic heterocycles. The second-order valence-corrected chi connectivity index (χ2v) is 10.6. The van der Waals surface area contributed by atoms with Gasteiger partial charge in [-0.2, -0.15) is 0 Å². The molecule has 2 N–H and O–H groups in total. The molecule has 3 heterocycles. The maximum absolute atomic E-state index is 11.5. The molecule has 2 saturated heterocycles. The zero-order chi connectivity index (χ0) is 20.9. The molecule has 1 amide bonds. The highest BCUT2D eigenvalue weighted by Gasteiger charge is 2.23. The van der Waals surface area contributed by atoms with E-state index < -0.39 is 5.91 Å². The van der Waals surface area contributed by atoms with Gasteiger partial charge in [-0.1, -0.05) is 22.0 Å². The van der Waals surface area contributed by atoms with Gasteiger partial charge in [0.25, 0.3) is 5.91 Å². The van der Waals surface area contributed by atoms with Crippen molar-refractivity contribution in [3.8, 4) is 0 Å². The Hall–Kier alpha value is -1.94. The summed E-state index contributed by atoms with van der Waals surface area (Å²) in [6.45, 7) is 8.13. The summed E-state index contributed by atoms with van der Waals surface area (Å²) in [7, 11) is -0.0204. The summed E-state index contributed by atoms with van der Waals surface area (Å²) in [5.41, 5.74) is 3.01. The van der Waals surface area contributed by atoms with Crippen molar-refractivity contribution in [2.45, 2.75) is 31.1 Å². The molecule has 162 valence electrons. The lowest BCUT2D eigenvalue weighted by Crippen LogP contribution is -2.44. The number of piperidine rings is 1. The number of rotatable bonds is 5. The van der Waals surface area contributed by atoms with Crippen LogP contribution in [-0.2, 0) is 0 Å². The van der Waals surface area contributed by atoms with Crippen LogP contribution in [0.2, 0.25) is 0 Å². The van der Waals surface area contributed by atoms with Gasteiger partial charge in [0.2, 0.25) is 0 Å². The third kappa shape index (κ3) is 4.69. The van der Waals surface area contributed by atoms with Crippen molar-refractivity contribution >= 4 is 44.1 Å². The van der Waals surface area contributed by atoms with Crippen LogP contribution >= 0.6 is 22.0 Å². The van der Waals surface area contributed by atoms with Crippen LogP contribution in [-0.4, -0.2) is 65.0 Å². The molecule has 0 saturated carbocycles. The molecule has 1 unspecified atom stereocenters. The fourth-order valence-electron chi connectivity index (χ4n) is 4.03. The van der Waals surface area contributed by atoms with Gasteiger partial charge in [-0.25, -0.2) is 14.8 Å². The number of anilines is 2. The normalized spacial score (nSPS) is 19.1. The predicted molar refractivity (Wildman–Crippen MR) is 125 cm³/mol. The first kappa shape index (κ1) is 21.3. The van der Waals surface area contributed by atoms with Gasteiger partial charge in [0.15, 0.2) is 5.13 Å². The van der Waals surface area contributed by atoms with Crippen molar-refractivity contribution in [1.82, 2.24) is 14.8 Å². The Kier molecular flexibility index (Phi) is 7.04. The summed E-state index contributed by atoms with van der Waals surface area (Å²) >= 11 is 1.31. The van der Waals surface area contributed by atoms with Gasteiger partial charge >= 0.3 is 0 Å². The quantitative estimate of drug-likeness (QED) is 0.416. The number of amides is 1. The monoisotopic (exact) mass is 447 g/mol. The van der Waals surface area contributed by atoms with Crippen LogP contribution in [0.3, 0.4) is 0 Å². The fraction of sp³-hybridized carbons (Fsp3) is 0.476. The van der Waals surface area contributed by atoms with E-state index in [1.807, 2.05) is 0 Å². The van der Waals surface area contributed by atoms with E-state index in [-0.39, 0.29) is 10.7 Å². The van der Waals surface area contributed by atoms with E-state index in [9.17, 15) is 4.79 Å². The maximum Gasteiger partial charge on any atom is 0.286 e. The lowest BCUT2D eigenvalue weighted by atomic mass is 10.1. The Morgan fingerprint density at radius 1 is 1.07 bits per heavy atom. The van der Waals surface area contributed by atoms with Crippen molar-refractivity contribution in [1.29, 1.82) is 0 Å². The molecule has 2 aromatic rings. The topological polar surface area (TPSA) is 71.9 Å². The summed E-state index contributed by atoms with van der Waals surface area (Å²) in [5, 5.41) is 11.9. The SMILES string of the molecule is C/C=S(\c1ccc(N2CCCCC2)cc1)N1CCN(c2ncc(C(=O)NO)s2)CC1. The second kappa shape index (κ2) is 9.91. The minimum absolute atomic E-state index is 0.0204. The average molecular weight is 448 g/mol. The van der Waals surface area contributed by atoms with Crippen LogP contribution < -0.4 is 15.3 Å². The van der Waals surface area contributed by atoms with E-state index in [1.165, 1.54) is 60.5 Å². The minimum Gasteiger partial charge on any atom is -0.372 e. The van der Waals surface area contributed by atoms with E-state index in [0.29, 0.717) is 4.88 Å². The minimum atomic E-state index is -0.507. The van der Waals surface area contributed by atoms with Crippen LogP contribution in [0.25, 0.3) is 0 Å². The van der Waals surface area contributed by atoms with Crippen LogP contribution in [0.4, 0.5) is 10.8 Å². The summed E-state index contributed by atoms with van der Waals surface area (Å²) < 4.78 is 2.53. The Morgan fingerprint density at radius 2 is 1.77 bits per heavy atom. The van der Waals surface area contributed by atoms with Gasteiger partial charge in [-0.05, 0) is 55.8 Å². The first-order valence-electron chi connectivity index (χ1n) is 10.5. The number of carbonyl (C=O) groups excluding carboxylic acids is 1. The van der Waals surface area contributed by atoms with E-state index in [2.05, 4.69) is 55.6 Å². The van der Waals surface area contributed by atoms with Crippen molar-refractivity contribution < 1.29 is 10.0 Å². The number of piperazine rings is 1. The van der Waals surface area contributed by atoms with Crippen LogP contribution in [0.5, 0.6) is 0 Å². The Balaban J connectivity index is 1.38. The number of benzene rings is 1. The average Bonchev–Trinajstić information content (AvgIpc) is 3.31. The lowest BCUT2D eigenvalue weighted by Gasteiger charge is -2.36. The molecule has 4 rings (SSSR count). The number of thiazole rings is 1. The molecule has 0 spiro atoms. The van der Waals surface area contributed by atoms with Gasteiger partial charge < -0.3 is 9.80 Å². The molecule has 9 heteroatoms. The van der Waals surface area contributed by atoms with Gasteiger partial charge in [-0.15, -0.1) is 0 Å². The number of nitrogens with one attached hydrogen (secondary N) is 1. The van der Waals surface area contributed by atoms with Crippen molar-refractivity contribution in [2.24, 2.45) is 0 Å². The molecular weight excluding hydrogens is 418 g/mol. The fourth-order valence-corrected chi connectivity index (χ4v) is 6.73. The first-order chi connectivity index (χ1) is 14.7. The Morgan fingerprint density at radius 3 is 2.40 bits per heavy atom. The molecule has 1 aromatic carbocycles. The molecule has 0 bridgehead atoms.